The minimum atomic E-state index is 0.0847. The number of hydrogen-bond acceptors (Lipinski definition) is 1. The van der Waals surface area contributed by atoms with Crippen molar-refractivity contribution in [1.29, 1.82) is 0 Å². The van der Waals surface area contributed by atoms with E-state index in [-0.39, 0.29) is 11.3 Å². The van der Waals surface area contributed by atoms with Gasteiger partial charge >= 0.3 is 0 Å². The van der Waals surface area contributed by atoms with Gasteiger partial charge in [0.25, 0.3) is 5.91 Å². The van der Waals surface area contributed by atoms with E-state index in [1.807, 2.05) is 19.2 Å². The first-order chi connectivity index (χ1) is 8.41. The van der Waals surface area contributed by atoms with E-state index in [4.69, 9.17) is 0 Å². The highest BCUT2D eigenvalue weighted by Gasteiger charge is 2.29. The molecule has 0 radical (unpaired) electrons. The van der Waals surface area contributed by atoms with Crippen LogP contribution in [0.15, 0.2) is 30.3 Å². The Balaban J connectivity index is 2.46. The second kappa shape index (κ2) is 3.35. The summed E-state index contributed by atoms with van der Waals surface area (Å²) >= 11 is 0. The fourth-order valence-corrected chi connectivity index (χ4v) is 2.79. The zero-order chi connectivity index (χ0) is 13.1. The third kappa shape index (κ3) is 1.32. The third-order valence-corrected chi connectivity index (χ3v) is 3.72. The molecular formula is C16H17NO. The van der Waals surface area contributed by atoms with Crippen molar-refractivity contribution in [3.05, 3.63) is 41.5 Å². The van der Waals surface area contributed by atoms with Crippen LogP contribution in [0.1, 0.15) is 36.7 Å². The number of nitrogens with zero attached hydrogens (tertiary/aromatic N) is 1. The fourth-order valence-electron chi connectivity index (χ4n) is 2.79. The lowest BCUT2D eigenvalue weighted by Gasteiger charge is -2.22. The molecule has 0 fully saturated rings. The largest absolute Gasteiger partial charge is 0.311 e. The maximum atomic E-state index is 12.2. The normalized spacial score (nSPS) is 14.7. The maximum absolute atomic E-state index is 12.2. The Morgan fingerprint density at radius 3 is 2.44 bits per heavy atom. The molecule has 1 heterocycles. The summed E-state index contributed by atoms with van der Waals surface area (Å²) in [6.45, 7) is 6.62. The Morgan fingerprint density at radius 2 is 1.78 bits per heavy atom. The van der Waals surface area contributed by atoms with Crippen molar-refractivity contribution in [2.24, 2.45) is 0 Å². The van der Waals surface area contributed by atoms with E-state index in [0.29, 0.717) is 0 Å². The lowest BCUT2D eigenvalue weighted by molar-refractivity contribution is 0.0999. The van der Waals surface area contributed by atoms with Crippen LogP contribution in [0.3, 0.4) is 0 Å². The molecule has 0 saturated heterocycles. The van der Waals surface area contributed by atoms with E-state index in [1.165, 1.54) is 10.9 Å². The van der Waals surface area contributed by atoms with Gasteiger partial charge in [0.2, 0.25) is 0 Å². The van der Waals surface area contributed by atoms with E-state index in [9.17, 15) is 4.79 Å². The van der Waals surface area contributed by atoms with Crippen molar-refractivity contribution >= 4 is 22.4 Å². The highest BCUT2D eigenvalue weighted by molar-refractivity contribution is 6.25. The standard InChI is InChI=1S/C16H17NO/c1-16(2,3)12-8-9-13-14-10(12)6-5-7-11(14)15(18)17(13)4/h5-9H,1-4H3. The molecule has 0 bridgehead atoms. The van der Waals surface area contributed by atoms with Gasteiger partial charge in [0.1, 0.15) is 0 Å². The van der Waals surface area contributed by atoms with Gasteiger partial charge in [-0.3, -0.25) is 4.79 Å². The number of amides is 1. The van der Waals surface area contributed by atoms with E-state index in [2.05, 4.69) is 39.0 Å². The van der Waals surface area contributed by atoms with Crippen molar-refractivity contribution in [2.45, 2.75) is 26.2 Å². The lowest BCUT2D eigenvalue weighted by atomic mass is 9.83. The van der Waals surface area contributed by atoms with Crippen LogP contribution in [-0.4, -0.2) is 13.0 Å². The number of rotatable bonds is 0. The van der Waals surface area contributed by atoms with E-state index >= 15 is 0 Å². The van der Waals surface area contributed by atoms with Crippen molar-refractivity contribution in [2.75, 3.05) is 11.9 Å². The van der Waals surface area contributed by atoms with Crippen LogP contribution in [0, 0.1) is 0 Å². The molecular weight excluding hydrogens is 222 g/mol. The summed E-state index contributed by atoms with van der Waals surface area (Å²) < 4.78 is 0. The molecule has 0 aromatic heterocycles. The molecule has 0 saturated carbocycles. The molecule has 0 spiro atoms. The zero-order valence-electron chi connectivity index (χ0n) is 11.2. The van der Waals surface area contributed by atoms with Gasteiger partial charge in [-0.2, -0.15) is 0 Å². The van der Waals surface area contributed by atoms with Crippen LogP contribution in [0.5, 0.6) is 0 Å². The second-order valence-electron chi connectivity index (χ2n) is 5.97. The van der Waals surface area contributed by atoms with E-state index in [1.54, 1.807) is 4.90 Å². The summed E-state index contributed by atoms with van der Waals surface area (Å²) in [7, 11) is 1.84. The summed E-state index contributed by atoms with van der Waals surface area (Å²) in [4.78, 5) is 13.9. The summed E-state index contributed by atoms with van der Waals surface area (Å²) in [5.74, 6) is 0.0988. The molecule has 18 heavy (non-hydrogen) atoms. The van der Waals surface area contributed by atoms with Gasteiger partial charge in [-0.15, -0.1) is 0 Å². The zero-order valence-corrected chi connectivity index (χ0v) is 11.2. The van der Waals surface area contributed by atoms with Crippen molar-refractivity contribution < 1.29 is 4.79 Å². The molecule has 0 aliphatic carbocycles. The van der Waals surface area contributed by atoms with E-state index in [0.717, 1.165) is 16.6 Å². The average molecular weight is 239 g/mol. The van der Waals surface area contributed by atoms with Gasteiger partial charge < -0.3 is 4.90 Å². The number of anilines is 1. The van der Waals surface area contributed by atoms with Gasteiger partial charge in [-0.25, -0.2) is 0 Å². The number of hydrogen-bond donors (Lipinski definition) is 0. The van der Waals surface area contributed by atoms with Crippen LogP contribution in [0.2, 0.25) is 0 Å². The summed E-state index contributed by atoms with van der Waals surface area (Å²) in [5, 5.41) is 2.31. The van der Waals surface area contributed by atoms with Crippen molar-refractivity contribution in [3.8, 4) is 0 Å². The molecule has 2 aromatic rings. The average Bonchev–Trinajstić information content (AvgIpc) is 2.56. The molecule has 0 atom stereocenters. The number of carbonyl (C=O) groups excluding carboxylic acids is 1. The SMILES string of the molecule is CN1C(=O)c2cccc3c(C(C)(C)C)ccc1c23. The topological polar surface area (TPSA) is 20.3 Å². The smallest absolute Gasteiger partial charge is 0.258 e. The molecule has 2 aromatic carbocycles. The minimum Gasteiger partial charge on any atom is -0.311 e. The molecule has 0 N–H and O–H groups in total. The Labute approximate surface area is 107 Å². The quantitative estimate of drug-likeness (QED) is 0.686. The highest BCUT2D eigenvalue weighted by atomic mass is 16.2. The molecule has 0 unspecified atom stereocenters. The molecule has 2 heteroatoms. The Bertz CT molecular complexity index is 665. The number of carbonyl (C=O) groups is 1. The molecule has 1 aliphatic rings. The first kappa shape index (κ1) is 11.3. The molecule has 92 valence electrons. The molecule has 1 amide bonds. The van der Waals surface area contributed by atoms with Gasteiger partial charge in [0.15, 0.2) is 0 Å². The van der Waals surface area contributed by atoms with Crippen LogP contribution >= 0.6 is 0 Å². The highest BCUT2D eigenvalue weighted by Crippen LogP contribution is 2.40. The molecule has 2 nitrogen and oxygen atoms in total. The van der Waals surface area contributed by atoms with Crippen molar-refractivity contribution in [3.63, 3.8) is 0 Å². The summed E-state index contributed by atoms with van der Waals surface area (Å²) in [5.41, 5.74) is 3.24. The Kier molecular flexibility index (Phi) is 2.10. The predicted octanol–water partition coefficient (Wildman–Crippen LogP) is 3.73. The second-order valence-corrected chi connectivity index (χ2v) is 5.97. The predicted molar refractivity (Wildman–Crippen MR) is 75.4 cm³/mol. The molecule has 1 aliphatic heterocycles. The van der Waals surface area contributed by atoms with Crippen molar-refractivity contribution in [1.82, 2.24) is 0 Å². The van der Waals surface area contributed by atoms with Gasteiger partial charge in [-0.05, 0) is 28.5 Å². The van der Waals surface area contributed by atoms with Gasteiger partial charge in [-0.1, -0.05) is 39.0 Å². The van der Waals surface area contributed by atoms with E-state index < -0.39 is 0 Å². The Hall–Kier alpha value is -1.83. The first-order valence-corrected chi connectivity index (χ1v) is 6.25. The lowest BCUT2D eigenvalue weighted by Crippen LogP contribution is -2.20. The maximum Gasteiger partial charge on any atom is 0.258 e. The van der Waals surface area contributed by atoms with Gasteiger partial charge in [0.05, 0.1) is 5.69 Å². The fraction of sp³-hybridized carbons (Fsp3) is 0.312. The third-order valence-electron chi connectivity index (χ3n) is 3.72. The Morgan fingerprint density at radius 1 is 1.06 bits per heavy atom. The number of benzene rings is 2. The summed E-state index contributed by atoms with van der Waals surface area (Å²) in [6.07, 6.45) is 0. The summed E-state index contributed by atoms with van der Waals surface area (Å²) in [6, 6.07) is 10.2. The van der Waals surface area contributed by atoms with Gasteiger partial charge in [0, 0.05) is 18.0 Å². The van der Waals surface area contributed by atoms with Crippen LogP contribution in [-0.2, 0) is 5.41 Å². The van der Waals surface area contributed by atoms with Crippen LogP contribution < -0.4 is 4.90 Å². The minimum absolute atomic E-state index is 0.0847. The molecule has 3 rings (SSSR count). The van der Waals surface area contributed by atoms with Crippen LogP contribution in [0.25, 0.3) is 10.8 Å². The monoisotopic (exact) mass is 239 g/mol. The van der Waals surface area contributed by atoms with Crippen LogP contribution in [0.4, 0.5) is 5.69 Å². The first-order valence-electron chi connectivity index (χ1n) is 6.25.